The normalized spacial score (nSPS) is 13.4. The van der Waals surface area contributed by atoms with E-state index in [-0.39, 0.29) is 23.0 Å². The molecule has 3 N–H and O–H groups in total. The Morgan fingerprint density at radius 1 is 0.919 bits per heavy atom. The highest BCUT2D eigenvalue weighted by atomic mass is 79.9. The summed E-state index contributed by atoms with van der Waals surface area (Å²) in [7, 11) is 0. The van der Waals surface area contributed by atoms with E-state index in [1.54, 1.807) is 36.4 Å². The molecule has 0 bridgehead atoms. The first-order valence-electron chi connectivity index (χ1n) is 12.5. The van der Waals surface area contributed by atoms with E-state index in [0.717, 1.165) is 42.1 Å². The van der Waals surface area contributed by atoms with Gasteiger partial charge in [0.05, 0.1) is 12.2 Å². The van der Waals surface area contributed by atoms with Gasteiger partial charge in [-0.1, -0.05) is 71.6 Å². The minimum atomic E-state index is -0.389. The molecule has 0 spiro atoms. The molecule has 3 aromatic carbocycles. The summed E-state index contributed by atoms with van der Waals surface area (Å²) >= 11 is 8.81. The number of carbonyl (C=O) groups excluding carboxylic acids is 2. The maximum absolute atomic E-state index is 13.0. The lowest BCUT2D eigenvalue weighted by Gasteiger charge is -2.22. The molecular weight excluding hydrogens is 550 g/mol. The highest BCUT2D eigenvalue weighted by Gasteiger charge is 2.18. The fourth-order valence-electron chi connectivity index (χ4n) is 4.32. The van der Waals surface area contributed by atoms with Gasteiger partial charge < -0.3 is 15.4 Å². The number of hydrogen-bond donors (Lipinski definition) is 3. The van der Waals surface area contributed by atoms with E-state index in [1.807, 2.05) is 36.4 Å². The Balaban J connectivity index is 1.34. The highest BCUT2D eigenvalue weighted by molar-refractivity contribution is 9.10. The van der Waals surface area contributed by atoms with Gasteiger partial charge in [-0.15, -0.1) is 0 Å². The molecule has 1 aliphatic rings. The fraction of sp³-hybridized carbons (Fsp3) is 0.276. The minimum absolute atomic E-state index is 0.100. The van der Waals surface area contributed by atoms with Gasteiger partial charge in [-0.25, -0.2) is 0 Å². The van der Waals surface area contributed by atoms with Crippen LogP contribution in [0.4, 0.5) is 5.69 Å². The summed E-state index contributed by atoms with van der Waals surface area (Å²) in [6.45, 7) is 0.435. The van der Waals surface area contributed by atoms with Crippen molar-refractivity contribution in [2.24, 2.45) is 0 Å². The first-order valence-corrected chi connectivity index (χ1v) is 13.7. The largest absolute Gasteiger partial charge is 0.492 e. The van der Waals surface area contributed by atoms with Gasteiger partial charge in [0, 0.05) is 28.2 Å². The zero-order valence-corrected chi connectivity index (χ0v) is 22.9. The number of benzene rings is 3. The molecule has 0 aliphatic heterocycles. The molecule has 37 heavy (non-hydrogen) atoms. The van der Waals surface area contributed by atoms with E-state index in [2.05, 4.69) is 31.9 Å². The van der Waals surface area contributed by atoms with Crippen LogP contribution in [-0.2, 0) is 6.42 Å². The average Bonchev–Trinajstić information content (AvgIpc) is 2.90. The lowest BCUT2D eigenvalue weighted by Crippen LogP contribution is -2.36. The van der Waals surface area contributed by atoms with Crippen molar-refractivity contribution in [1.29, 1.82) is 0 Å². The van der Waals surface area contributed by atoms with Crippen LogP contribution < -0.4 is 20.7 Å². The van der Waals surface area contributed by atoms with Crippen molar-refractivity contribution in [2.75, 3.05) is 11.9 Å². The predicted octanol–water partition coefficient (Wildman–Crippen LogP) is 6.26. The molecule has 0 saturated heterocycles. The van der Waals surface area contributed by atoms with E-state index in [1.165, 1.54) is 6.42 Å². The lowest BCUT2D eigenvalue weighted by molar-refractivity contribution is 0.0926. The van der Waals surface area contributed by atoms with E-state index in [0.29, 0.717) is 29.2 Å². The third-order valence-electron chi connectivity index (χ3n) is 6.23. The van der Waals surface area contributed by atoms with Crippen molar-refractivity contribution in [3.63, 3.8) is 0 Å². The Labute approximate surface area is 231 Å². The van der Waals surface area contributed by atoms with Crippen molar-refractivity contribution >= 4 is 50.8 Å². The third-order valence-corrected chi connectivity index (χ3v) is 6.92. The van der Waals surface area contributed by atoms with Gasteiger partial charge >= 0.3 is 0 Å². The zero-order valence-electron chi connectivity index (χ0n) is 20.5. The first kappa shape index (κ1) is 26.8. The van der Waals surface area contributed by atoms with Gasteiger partial charge in [0.1, 0.15) is 5.75 Å². The number of rotatable bonds is 8. The number of carbonyl (C=O) groups is 2. The molecule has 3 aromatic rings. The quantitative estimate of drug-likeness (QED) is 0.274. The summed E-state index contributed by atoms with van der Waals surface area (Å²) in [6, 6.07) is 22.6. The standard InChI is InChI=1S/C29H30BrN3O3S/c30-22-14-15-26(36-17-16-20-8-3-1-4-9-20)25(19-22)28(35)33-29(37)32-24-13-7-10-21(18-24)27(34)31-23-11-5-2-6-12-23/h1,3-4,7-10,13-15,18-19,23H,2,5-6,11-12,16-17H2,(H,31,34)(H2,32,33,35,37). The predicted molar refractivity (Wildman–Crippen MR) is 154 cm³/mol. The van der Waals surface area contributed by atoms with Crippen molar-refractivity contribution in [1.82, 2.24) is 10.6 Å². The number of amides is 2. The van der Waals surface area contributed by atoms with Crippen LogP contribution in [0.1, 0.15) is 58.4 Å². The average molecular weight is 581 g/mol. The third kappa shape index (κ3) is 8.13. The fourth-order valence-corrected chi connectivity index (χ4v) is 4.89. The van der Waals surface area contributed by atoms with Crippen LogP contribution in [-0.4, -0.2) is 29.6 Å². The molecule has 1 fully saturated rings. The summed E-state index contributed by atoms with van der Waals surface area (Å²) < 4.78 is 6.69. The number of halogens is 1. The Morgan fingerprint density at radius 2 is 1.70 bits per heavy atom. The second-order valence-corrected chi connectivity index (χ2v) is 10.3. The highest BCUT2D eigenvalue weighted by Crippen LogP contribution is 2.24. The number of ether oxygens (including phenoxy) is 1. The van der Waals surface area contributed by atoms with Gasteiger partial charge in [0.25, 0.3) is 11.8 Å². The molecular formula is C29H30BrN3O3S. The molecule has 0 atom stereocenters. The van der Waals surface area contributed by atoms with Crippen LogP contribution in [0.25, 0.3) is 0 Å². The molecule has 1 saturated carbocycles. The summed E-state index contributed by atoms with van der Waals surface area (Å²) in [6.07, 6.45) is 6.30. The summed E-state index contributed by atoms with van der Waals surface area (Å²) in [5.74, 6) is -0.0162. The van der Waals surface area contributed by atoms with Crippen molar-refractivity contribution in [2.45, 2.75) is 44.6 Å². The van der Waals surface area contributed by atoms with Gasteiger partial charge in [-0.3, -0.25) is 14.9 Å². The molecule has 0 aromatic heterocycles. The van der Waals surface area contributed by atoms with Crippen LogP contribution in [0.5, 0.6) is 5.75 Å². The molecule has 6 nitrogen and oxygen atoms in total. The number of anilines is 1. The Bertz CT molecular complexity index is 1250. The van der Waals surface area contributed by atoms with E-state index in [9.17, 15) is 9.59 Å². The lowest BCUT2D eigenvalue weighted by atomic mass is 9.95. The van der Waals surface area contributed by atoms with Crippen LogP contribution in [0.15, 0.2) is 77.3 Å². The number of hydrogen-bond acceptors (Lipinski definition) is 4. The summed E-state index contributed by atoms with van der Waals surface area (Å²) in [4.78, 5) is 25.7. The van der Waals surface area contributed by atoms with Gasteiger partial charge in [-0.2, -0.15) is 0 Å². The first-order chi connectivity index (χ1) is 18.0. The molecule has 0 radical (unpaired) electrons. The van der Waals surface area contributed by atoms with Crippen LogP contribution in [0.3, 0.4) is 0 Å². The molecule has 2 amide bonds. The molecule has 192 valence electrons. The van der Waals surface area contributed by atoms with E-state index < -0.39 is 0 Å². The van der Waals surface area contributed by atoms with Gasteiger partial charge in [0.2, 0.25) is 0 Å². The monoisotopic (exact) mass is 579 g/mol. The minimum Gasteiger partial charge on any atom is -0.492 e. The smallest absolute Gasteiger partial charge is 0.261 e. The van der Waals surface area contributed by atoms with Crippen LogP contribution in [0, 0.1) is 0 Å². The summed E-state index contributed by atoms with van der Waals surface area (Å²) in [5, 5.41) is 8.97. The van der Waals surface area contributed by atoms with Crippen LogP contribution >= 0.6 is 28.1 Å². The topological polar surface area (TPSA) is 79.5 Å². The number of thiocarbonyl (C=S) groups is 1. The Hall–Kier alpha value is -3.23. The van der Waals surface area contributed by atoms with Crippen LogP contribution in [0.2, 0.25) is 0 Å². The van der Waals surface area contributed by atoms with Crippen molar-refractivity contribution in [3.8, 4) is 5.75 Å². The van der Waals surface area contributed by atoms with E-state index >= 15 is 0 Å². The molecule has 8 heteroatoms. The molecule has 0 heterocycles. The van der Waals surface area contributed by atoms with Crippen molar-refractivity contribution in [3.05, 3.63) is 94.0 Å². The molecule has 1 aliphatic carbocycles. The van der Waals surface area contributed by atoms with Gasteiger partial charge in [-0.05, 0) is 67.0 Å². The SMILES string of the molecule is O=C(NC1CCCCC1)c1cccc(NC(=S)NC(=O)c2cc(Br)ccc2OCCc2ccccc2)c1. The maximum Gasteiger partial charge on any atom is 0.261 e. The second-order valence-electron chi connectivity index (χ2n) is 9.02. The number of nitrogens with one attached hydrogen (secondary N) is 3. The Morgan fingerprint density at radius 3 is 2.49 bits per heavy atom. The molecule has 0 unspecified atom stereocenters. The Kier molecular flexibility index (Phi) is 9.68. The van der Waals surface area contributed by atoms with Crippen molar-refractivity contribution < 1.29 is 14.3 Å². The summed E-state index contributed by atoms with van der Waals surface area (Å²) in [5.41, 5.74) is 2.69. The second kappa shape index (κ2) is 13.4. The van der Waals surface area contributed by atoms with Gasteiger partial charge in [0.15, 0.2) is 5.11 Å². The zero-order chi connectivity index (χ0) is 26.0. The maximum atomic E-state index is 13.0. The van der Waals surface area contributed by atoms with E-state index in [4.69, 9.17) is 17.0 Å². The molecule has 4 rings (SSSR count).